The van der Waals surface area contributed by atoms with E-state index in [2.05, 4.69) is 228 Å². The second-order valence-electron chi connectivity index (χ2n) is 17.4. The van der Waals surface area contributed by atoms with Crippen molar-refractivity contribution in [2.75, 3.05) is 9.80 Å². The topological polar surface area (TPSA) is 32.3 Å². The zero-order chi connectivity index (χ0) is 44.3. The van der Waals surface area contributed by atoms with Gasteiger partial charge >= 0.3 is 0 Å². The molecule has 0 bridgehead atoms. The Bertz CT molecular complexity index is 3420. The van der Waals surface area contributed by atoms with E-state index in [4.69, 9.17) is 9.97 Å². The minimum atomic E-state index is -0.0984. The van der Waals surface area contributed by atoms with E-state index in [1.165, 1.54) is 60.9 Å². The van der Waals surface area contributed by atoms with Gasteiger partial charge in [-0.15, -0.1) is 0 Å². The Morgan fingerprint density at radius 2 is 0.672 bits per heavy atom. The number of hydrogen-bond donors (Lipinski definition) is 0. The zero-order valence-corrected chi connectivity index (χ0v) is 36.5. The Balaban J connectivity index is 1.11. The lowest BCUT2D eigenvalue weighted by atomic mass is 9.33. The Morgan fingerprint density at radius 3 is 1.12 bits per heavy atom. The van der Waals surface area contributed by atoms with Crippen LogP contribution in [-0.2, 0) is 0 Å². The normalized spacial score (nSPS) is 12.4. The van der Waals surface area contributed by atoms with Gasteiger partial charge in [-0.1, -0.05) is 182 Å². The van der Waals surface area contributed by atoms with E-state index >= 15 is 0 Å². The van der Waals surface area contributed by atoms with Crippen LogP contribution < -0.4 is 26.2 Å². The minimum absolute atomic E-state index is 0.0984. The lowest BCUT2D eigenvalue weighted by Gasteiger charge is -2.44. The van der Waals surface area contributed by atoms with Crippen LogP contribution in [0.4, 0.5) is 34.1 Å². The van der Waals surface area contributed by atoms with E-state index in [1.54, 1.807) is 0 Å². The summed E-state index contributed by atoms with van der Waals surface area (Å²) in [5.74, 6) is 0. The third-order valence-electron chi connectivity index (χ3n) is 13.5. The molecular weight excluding hydrogens is 812 g/mol. The monoisotopic (exact) mass is 852 g/mol. The maximum absolute atomic E-state index is 5.27. The van der Waals surface area contributed by atoms with Crippen LogP contribution in [0, 0.1) is 0 Å². The first-order chi connectivity index (χ1) is 33.2. The standard InChI is InChI=1S/C62H41BN4/c1-5-15-42(16-6-1)46-25-31-51(32-26-46)66-58-35-29-48(44-19-9-3-10-20-44)37-53(58)63-54-38-49(45-21-11-4-12-22-45)30-36-59(54)67(52-33-27-47(28-34-52)43-17-7-2-8-18-43)61-40-50(39-60(66)62(61)63)57-41-64-55-23-13-14-24-56(55)65-57/h1-41H. The van der Waals surface area contributed by atoms with Gasteiger partial charge in [0.15, 0.2) is 0 Å². The third-order valence-corrected chi connectivity index (χ3v) is 13.5. The number of hydrogen-bond acceptors (Lipinski definition) is 4. The third kappa shape index (κ3) is 6.71. The van der Waals surface area contributed by atoms with Crippen molar-refractivity contribution in [1.82, 2.24) is 9.97 Å². The van der Waals surface area contributed by atoms with E-state index in [9.17, 15) is 0 Å². The molecule has 0 unspecified atom stereocenters. The molecular formula is C62H41BN4. The largest absolute Gasteiger partial charge is 0.311 e. The van der Waals surface area contributed by atoms with Crippen LogP contribution in [0.15, 0.2) is 249 Å². The Hall–Kier alpha value is -8.80. The van der Waals surface area contributed by atoms with Crippen molar-refractivity contribution in [2.24, 2.45) is 0 Å². The van der Waals surface area contributed by atoms with Gasteiger partial charge in [-0.25, -0.2) is 4.98 Å². The summed E-state index contributed by atoms with van der Waals surface area (Å²) in [6.45, 7) is -0.0984. The van der Waals surface area contributed by atoms with Crippen LogP contribution in [0.2, 0.25) is 0 Å². The Labute approximate surface area is 390 Å². The molecule has 0 radical (unpaired) electrons. The van der Waals surface area contributed by atoms with E-state index in [-0.39, 0.29) is 6.71 Å². The molecule has 0 spiro atoms. The quantitative estimate of drug-likeness (QED) is 0.150. The lowest BCUT2D eigenvalue weighted by Crippen LogP contribution is -2.61. The number of anilines is 6. The van der Waals surface area contributed by atoms with Crippen LogP contribution in [-0.4, -0.2) is 16.7 Å². The average molecular weight is 853 g/mol. The molecule has 67 heavy (non-hydrogen) atoms. The van der Waals surface area contributed by atoms with Gasteiger partial charge in [0.05, 0.1) is 22.9 Å². The molecule has 0 N–H and O–H groups in total. The number of rotatable bonds is 7. The Morgan fingerprint density at radius 1 is 0.299 bits per heavy atom. The van der Waals surface area contributed by atoms with Gasteiger partial charge in [-0.2, -0.15) is 0 Å². The summed E-state index contributed by atoms with van der Waals surface area (Å²) in [6.07, 6.45) is 1.93. The van der Waals surface area contributed by atoms with Gasteiger partial charge in [-0.05, 0) is 122 Å². The molecule has 0 fully saturated rings. The van der Waals surface area contributed by atoms with Gasteiger partial charge in [0.2, 0.25) is 0 Å². The molecule has 5 heteroatoms. The van der Waals surface area contributed by atoms with E-state index in [0.717, 1.165) is 56.4 Å². The van der Waals surface area contributed by atoms with Crippen molar-refractivity contribution in [3.63, 3.8) is 0 Å². The predicted molar refractivity (Wildman–Crippen MR) is 281 cm³/mol. The van der Waals surface area contributed by atoms with Gasteiger partial charge in [0.1, 0.15) is 0 Å². The number of nitrogens with zero attached hydrogens (tertiary/aromatic N) is 4. The van der Waals surface area contributed by atoms with Gasteiger partial charge in [0, 0.05) is 39.7 Å². The second kappa shape index (κ2) is 16.0. The van der Waals surface area contributed by atoms with Crippen molar-refractivity contribution < 1.29 is 0 Å². The molecule has 11 aromatic rings. The summed E-state index contributed by atoms with van der Waals surface area (Å²) >= 11 is 0. The second-order valence-corrected chi connectivity index (χ2v) is 17.4. The number of aromatic nitrogens is 2. The molecule has 0 saturated heterocycles. The van der Waals surface area contributed by atoms with Crippen LogP contribution in [0.25, 0.3) is 66.8 Å². The highest BCUT2D eigenvalue weighted by Crippen LogP contribution is 2.47. The zero-order valence-electron chi connectivity index (χ0n) is 36.5. The van der Waals surface area contributed by atoms with Crippen LogP contribution in [0.5, 0.6) is 0 Å². The molecule has 13 rings (SSSR count). The van der Waals surface area contributed by atoms with Crippen molar-refractivity contribution in [3.05, 3.63) is 249 Å². The van der Waals surface area contributed by atoms with Crippen molar-refractivity contribution in [2.45, 2.75) is 0 Å². The number of fused-ring (bicyclic) bond motifs is 5. The van der Waals surface area contributed by atoms with Gasteiger partial charge in [-0.3, -0.25) is 4.98 Å². The maximum Gasteiger partial charge on any atom is 0.252 e. The first-order valence-electron chi connectivity index (χ1n) is 22.9. The predicted octanol–water partition coefficient (Wildman–Crippen LogP) is 14.0. The summed E-state index contributed by atoms with van der Waals surface area (Å²) in [6, 6.07) is 87.9. The molecule has 1 aromatic heterocycles. The SMILES string of the molecule is c1ccc(-c2ccc(N3c4ccc(-c5ccccc5)cc4B4c5cc(-c6ccccc6)ccc5N(c5ccc(-c6ccccc6)cc5)c5cc(-c6cnc7ccccc7n6)cc3c54)cc2)cc1. The van der Waals surface area contributed by atoms with Gasteiger partial charge in [0.25, 0.3) is 6.71 Å². The fraction of sp³-hybridized carbons (Fsp3) is 0. The molecule has 0 amide bonds. The van der Waals surface area contributed by atoms with Crippen molar-refractivity contribution in [1.29, 1.82) is 0 Å². The first-order valence-corrected chi connectivity index (χ1v) is 22.9. The summed E-state index contributed by atoms with van der Waals surface area (Å²) in [5, 5.41) is 0. The molecule has 0 aliphatic carbocycles. The number of benzene rings is 10. The molecule has 10 aromatic carbocycles. The first kappa shape index (κ1) is 38.6. The summed E-state index contributed by atoms with van der Waals surface area (Å²) in [7, 11) is 0. The molecule has 0 saturated carbocycles. The fourth-order valence-electron chi connectivity index (χ4n) is 10.3. The molecule has 4 nitrogen and oxygen atoms in total. The minimum Gasteiger partial charge on any atom is -0.311 e. The average Bonchev–Trinajstić information content (AvgIpc) is 3.41. The summed E-state index contributed by atoms with van der Waals surface area (Å²) in [4.78, 5) is 15.2. The highest BCUT2D eigenvalue weighted by atomic mass is 15.2. The molecule has 2 aliphatic rings. The van der Waals surface area contributed by atoms with Crippen LogP contribution >= 0.6 is 0 Å². The Kier molecular flexibility index (Phi) is 9.24. The number of para-hydroxylation sites is 2. The van der Waals surface area contributed by atoms with Crippen LogP contribution in [0.3, 0.4) is 0 Å². The highest BCUT2D eigenvalue weighted by Gasteiger charge is 2.44. The molecule has 0 atom stereocenters. The summed E-state index contributed by atoms with van der Waals surface area (Å²) < 4.78 is 0. The van der Waals surface area contributed by atoms with Gasteiger partial charge < -0.3 is 9.80 Å². The fourth-order valence-corrected chi connectivity index (χ4v) is 10.3. The highest BCUT2D eigenvalue weighted by molar-refractivity contribution is 7.00. The molecule has 312 valence electrons. The lowest BCUT2D eigenvalue weighted by molar-refractivity contribution is 1.24. The van der Waals surface area contributed by atoms with Crippen molar-refractivity contribution in [3.8, 4) is 55.8 Å². The van der Waals surface area contributed by atoms with Crippen LogP contribution in [0.1, 0.15) is 0 Å². The van der Waals surface area contributed by atoms with E-state index in [0.29, 0.717) is 0 Å². The van der Waals surface area contributed by atoms with Crippen molar-refractivity contribution >= 4 is 68.3 Å². The molecule has 3 heterocycles. The smallest absolute Gasteiger partial charge is 0.252 e. The van der Waals surface area contributed by atoms with E-state index < -0.39 is 0 Å². The molecule has 2 aliphatic heterocycles. The summed E-state index contributed by atoms with van der Waals surface area (Å²) in [5.41, 5.74) is 23.5. The maximum atomic E-state index is 5.27. The van der Waals surface area contributed by atoms with E-state index in [1.807, 2.05) is 30.5 Å².